The number of carbonyl (C=O) groups is 1. The predicted octanol–water partition coefficient (Wildman–Crippen LogP) is 3.20. The average Bonchev–Trinajstić information content (AvgIpc) is 2.34. The van der Waals surface area contributed by atoms with Gasteiger partial charge in [-0.05, 0) is 37.2 Å². The van der Waals surface area contributed by atoms with E-state index in [1.807, 2.05) is 0 Å². The maximum atomic E-state index is 13.4. The van der Waals surface area contributed by atoms with Crippen LogP contribution in [0.15, 0.2) is 18.5 Å². The first-order chi connectivity index (χ1) is 8.58. The van der Waals surface area contributed by atoms with E-state index in [-0.39, 0.29) is 11.7 Å². The molecule has 3 nitrogen and oxygen atoms in total. The van der Waals surface area contributed by atoms with Crippen LogP contribution in [-0.4, -0.2) is 17.1 Å². The molecule has 98 valence electrons. The number of rotatable bonds is 2. The van der Waals surface area contributed by atoms with Crippen LogP contribution in [0.2, 0.25) is 0 Å². The van der Waals surface area contributed by atoms with Crippen molar-refractivity contribution in [2.75, 3.05) is 0 Å². The third-order valence-electron chi connectivity index (χ3n) is 3.82. The Bertz CT molecular complexity index is 436. The SMILES string of the molecule is CC1CCC(OC(=O)c2ccncc2F)CC1C. The Labute approximate surface area is 106 Å². The number of aromatic nitrogens is 1. The normalized spacial score (nSPS) is 27.8. The molecule has 1 heterocycles. The van der Waals surface area contributed by atoms with Gasteiger partial charge in [0, 0.05) is 6.20 Å². The fraction of sp³-hybridized carbons (Fsp3) is 0.571. The molecule has 0 N–H and O–H groups in total. The van der Waals surface area contributed by atoms with E-state index in [0.29, 0.717) is 11.8 Å². The first kappa shape index (κ1) is 13.0. The smallest absolute Gasteiger partial charge is 0.341 e. The van der Waals surface area contributed by atoms with Crippen molar-refractivity contribution in [3.8, 4) is 0 Å². The molecular formula is C14H18FNO2. The molecule has 18 heavy (non-hydrogen) atoms. The van der Waals surface area contributed by atoms with Crippen LogP contribution in [0.1, 0.15) is 43.5 Å². The highest BCUT2D eigenvalue weighted by molar-refractivity contribution is 5.89. The molecule has 1 aliphatic carbocycles. The van der Waals surface area contributed by atoms with Crippen molar-refractivity contribution < 1.29 is 13.9 Å². The number of esters is 1. The van der Waals surface area contributed by atoms with E-state index in [9.17, 15) is 9.18 Å². The lowest BCUT2D eigenvalue weighted by atomic mass is 9.80. The molecule has 1 aromatic rings. The van der Waals surface area contributed by atoms with Gasteiger partial charge in [0.05, 0.1) is 11.8 Å². The van der Waals surface area contributed by atoms with Gasteiger partial charge in [-0.1, -0.05) is 13.8 Å². The molecule has 4 heteroatoms. The fourth-order valence-electron chi connectivity index (χ4n) is 2.36. The average molecular weight is 251 g/mol. The quantitative estimate of drug-likeness (QED) is 0.758. The zero-order valence-corrected chi connectivity index (χ0v) is 10.7. The van der Waals surface area contributed by atoms with E-state index < -0.39 is 11.8 Å². The molecule has 0 amide bonds. The van der Waals surface area contributed by atoms with Gasteiger partial charge in [0.15, 0.2) is 5.82 Å². The van der Waals surface area contributed by atoms with Crippen molar-refractivity contribution in [1.82, 2.24) is 4.98 Å². The number of carbonyl (C=O) groups excluding carboxylic acids is 1. The van der Waals surface area contributed by atoms with Gasteiger partial charge in [-0.15, -0.1) is 0 Å². The number of halogens is 1. The molecule has 3 atom stereocenters. The summed E-state index contributed by atoms with van der Waals surface area (Å²) in [7, 11) is 0. The minimum absolute atomic E-state index is 0.0312. The third-order valence-corrected chi connectivity index (χ3v) is 3.82. The topological polar surface area (TPSA) is 39.2 Å². The Morgan fingerprint density at radius 3 is 2.83 bits per heavy atom. The first-order valence-electron chi connectivity index (χ1n) is 6.38. The standard InChI is InChI=1S/C14H18FNO2/c1-9-3-4-11(7-10(9)2)18-14(17)12-5-6-16-8-13(12)15/h5-6,8-11H,3-4,7H2,1-2H3. The van der Waals surface area contributed by atoms with E-state index in [0.717, 1.165) is 25.5 Å². The number of ether oxygens (including phenoxy) is 1. The zero-order chi connectivity index (χ0) is 13.1. The zero-order valence-electron chi connectivity index (χ0n) is 10.7. The van der Waals surface area contributed by atoms with Crippen LogP contribution in [0, 0.1) is 17.7 Å². The second-order valence-electron chi connectivity index (χ2n) is 5.15. The summed E-state index contributed by atoms with van der Waals surface area (Å²) in [4.78, 5) is 15.4. The monoisotopic (exact) mass is 251 g/mol. The van der Waals surface area contributed by atoms with Gasteiger partial charge in [0.25, 0.3) is 0 Å². The van der Waals surface area contributed by atoms with Crippen LogP contribution < -0.4 is 0 Å². The summed E-state index contributed by atoms with van der Waals surface area (Å²) in [5.74, 6) is -0.00201. The Balaban J connectivity index is 1.98. The van der Waals surface area contributed by atoms with Crippen LogP contribution in [0.25, 0.3) is 0 Å². The molecule has 0 aliphatic heterocycles. The van der Waals surface area contributed by atoms with Crippen molar-refractivity contribution in [1.29, 1.82) is 0 Å². The third kappa shape index (κ3) is 2.86. The van der Waals surface area contributed by atoms with Gasteiger partial charge in [-0.2, -0.15) is 0 Å². The summed E-state index contributed by atoms with van der Waals surface area (Å²) >= 11 is 0. The van der Waals surface area contributed by atoms with Gasteiger partial charge in [0.2, 0.25) is 0 Å². The summed E-state index contributed by atoms with van der Waals surface area (Å²) in [6, 6.07) is 1.35. The Kier molecular flexibility index (Phi) is 3.94. The first-order valence-corrected chi connectivity index (χ1v) is 6.38. The van der Waals surface area contributed by atoms with E-state index in [1.54, 1.807) is 0 Å². The van der Waals surface area contributed by atoms with E-state index in [2.05, 4.69) is 18.8 Å². The largest absolute Gasteiger partial charge is 0.459 e. The van der Waals surface area contributed by atoms with Crippen LogP contribution in [0.4, 0.5) is 4.39 Å². The molecular weight excluding hydrogens is 233 g/mol. The van der Waals surface area contributed by atoms with Crippen molar-refractivity contribution in [2.24, 2.45) is 11.8 Å². The van der Waals surface area contributed by atoms with Gasteiger partial charge < -0.3 is 4.74 Å². The number of hydrogen-bond donors (Lipinski definition) is 0. The van der Waals surface area contributed by atoms with Gasteiger partial charge in [0.1, 0.15) is 6.10 Å². The lowest BCUT2D eigenvalue weighted by molar-refractivity contribution is 0.00832. The molecule has 1 aliphatic rings. The maximum absolute atomic E-state index is 13.4. The fourth-order valence-corrected chi connectivity index (χ4v) is 2.36. The molecule has 1 aromatic heterocycles. The van der Waals surface area contributed by atoms with E-state index in [1.165, 1.54) is 12.3 Å². The molecule has 1 fully saturated rings. The van der Waals surface area contributed by atoms with Crippen LogP contribution >= 0.6 is 0 Å². The minimum Gasteiger partial charge on any atom is -0.459 e. The molecule has 3 unspecified atom stereocenters. The lowest BCUT2D eigenvalue weighted by Gasteiger charge is -2.31. The number of nitrogens with zero attached hydrogens (tertiary/aromatic N) is 1. The Morgan fingerprint density at radius 1 is 1.39 bits per heavy atom. The Morgan fingerprint density at radius 2 is 2.17 bits per heavy atom. The van der Waals surface area contributed by atoms with Gasteiger partial charge >= 0.3 is 5.97 Å². The second kappa shape index (κ2) is 5.46. The maximum Gasteiger partial charge on any atom is 0.341 e. The lowest BCUT2D eigenvalue weighted by Crippen LogP contribution is -2.29. The van der Waals surface area contributed by atoms with Gasteiger partial charge in [-0.25, -0.2) is 9.18 Å². The van der Waals surface area contributed by atoms with Crippen molar-refractivity contribution in [3.05, 3.63) is 29.8 Å². The van der Waals surface area contributed by atoms with E-state index in [4.69, 9.17) is 4.74 Å². The molecule has 0 aromatic carbocycles. The number of hydrogen-bond acceptors (Lipinski definition) is 3. The summed E-state index contributed by atoms with van der Waals surface area (Å²) in [5.41, 5.74) is -0.0312. The second-order valence-corrected chi connectivity index (χ2v) is 5.15. The van der Waals surface area contributed by atoms with Crippen molar-refractivity contribution in [3.63, 3.8) is 0 Å². The molecule has 0 bridgehead atoms. The minimum atomic E-state index is -0.625. The molecule has 0 radical (unpaired) electrons. The van der Waals surface area contributed by atoms with Crippen LogP contribution in [0.5, 0.6) is 0 Å². The number of pyridine rings is 1. The van der Waals surface area contributed by atoms with Crippen LogP contribution in [-0.2, 0) is 4.74 Å². The summed E-state index contributed by atoms with van der Waals surface area (Å²) in [6.07, 6.45) is 5.12. The van der Waals surface area contributed by atoms with Gasteiger partial charge in [-0.3, -0.25) is 4.98 Å². The summed E-state index contributed by atoms with van der Waals surface area (Å²) in [6.45, 7) is 4.38. The molecule has 0 spiro atoms. The van der Waals surface area contributed by atoms with E-state index >= 15 is 0 Å². The van der Waals surface area contributed by atoms with Crippen LogP contribution in [0.3, 0.4) is 0 Å². The van der Waals surface area contributed by atoms with Crippen molar-refractivity contribution >= 4 is 5.97 Å². The molecule has 0 saturated heterocycles. The summed E-state index contributed by atoms with van der Waals surface area (Å²) < 4.78 is 18.7. The highest BCUT2D eigenvalue weighted by Crippen LogP contribution is 2.31. The Hall–Kier alpha value is -1.45. The van der Waals surface area contributed by atoms with Crippen molar-refractivity contribution in [2.45, 2.75) is 39.2 Å². The highest BCUT2D eigenvalue weighted by atomic mass is 19.1. The molecule has 1 saturated carbocycles. The summed E-state index contributed by atoms with van der Waals surface area (Å²) in [5, 5.41) is 0. The molecule has 2 rings (SSSR count). The predicted molar refractivity (Wildman–Crippen MR) is 65.6 cm³/mol. The highest BCUT2D eigenvalue weighted by Gasteiger charge is 2.27.